The Hall–Kier alpha value is -1.20. The van der Waals surface area contributed by atoms with Crippen LogP contribution in [-0.4, -0.2) is 43.1 Å². The van der Waals surface area contributed by atoms with Crippen molar-refractivity contribution in [2.45, 2.75) is 38.1 Å². The van der Waals surface area contributed by atoms with E-state index in [1.807, 2.05) is 23.9 Å². The minimum absolute atomic E-state index is 0.118. The zero-order valence-electron chi connectivity index (χ0n) is 13.7. The quantitative estimate of drug-likeness (QED) is 0.889. The molecule has 2 heterocycles. The zero-order chi connectivity index (χ0) is 15.9. The fraction of sp³-hybridized carbons (Fsp3) is 0.611. The molecular weight excluding hydrogens is 306 g/mol. The number of para-hydroxylation sites is 2. The highest BCUT2D eigenvalue weighted by Crippen LogP contribution is 2.28. The molecule has 1 aromatic rings. The molecule has 0 radical (unpaired) electrons. The SMILES string of the molecule is O=C(CC1CSCCN1)Nc1ccccc1N1CCCCCC1. The Bertz CT molecular complexity index is 509. The minimum atomic E-state index is 0.118. The van der Waals surface area contributed by atoms with Gasteiger partial charge in [-0.1, -0.05) is 25.0 Å². The molecular formula is C18H27N3OS. The maximum Gasteiger partial charge on any atom is 0.226 e. The highest BCUT2D eigenvalue weighted by Gasteiger charge is 2.19. The lowest BCUT2D eigenvalue weighted by Gasteiger charge is -2.26. The van der Waals surface area contributed by atoms with Crippen LogP contribution < -0.4 is 15.5 Å². The fourth-order valence-electron chi connectivity index (χ4n) is 3.34. The van der Waals surface area contributed by atoms with E-state index in [4.69, 9.17) is 0 Å². The second-order valence-corrected chi connectivity index (χ2v) is 7.55. The number of anilines is 2. The normalized spacial score (nSPS) is 22.4. The Morgan fingerprint density at radius 2 is 2.00 bits per heavy atom. The van der Waals surface area contributed by atoms with E-state index in [0.29, 0.717) is 12.5 Å². The highest BCUT2D eigenvalue weighted by atomic mass is 32.2. The molecule has 4 nitrogen and oxygen atoms in total. The molecule has 0 bridgehead atoms. The molecule has 23 heavy (non-hydrogen) atoms. The first kappa shape index (κ1) is 16.7. The minimum Gasteiger partial charge on any atom is -0.370 e. The van der Waals surface area contributed by atoms with Gasteiger partial charge < -0.3 is 15.5 Å². The van der Waals surface area contributed by atoms with Gasteiger partial charge in [-0.05, 0) is 25.0 Å². The molecule has 0 saturated carbocycles. The van der Waals surface area contributed by atoms with Gasteiger partial charge in [-0.25, -0.2) is 0 Å². The predicted octanol–water partition coefficient (Wildman–Crippen LogP) is 3.10. The number of carbonyl (C=O) groups is 1. The molecule has 1 unspecified atom stereocenters. The first-order chi connectivity index (χ1) is 11.3. The molecule has 1 aromatic carbocycles. The third-order valence-electron chi connectivity index (χ3n) is 4.56. The average molecular weight is 334 g/mol. The molecule has 1 amide bonds. The van der Waals surface area contributed by atoms with E-state index in [1.165, 1.54) is 31.4 Å². The highest BCUT2D eigenvalue weighted by molar-refractivity contribution is 7.99. The maximum atomic E-state index is 12.4. The summed E-state index contributed by atoms with van der Waals surface area (Å²) >= 11 is 1.93. The van der Waals surface area contributed by atoms with Gasteiger partial charge in [-0.3, -0.25) is 4.79 Å². The van der Waals surface area contributed by atoms with Crippen molar-refractivity contribution in [2.24, 2.45) is 0 Å². The Labute approximate surface area is 143 Å². The van der Waals surface area contributed by atoms with Gasteiger partial charge in [0, 0.05) is 43.6 Å². The van der Waals surface area contributed by atoms with Crippen LogP contribution in [0.3, 0.4) is 0 Å². The summed E-state index contributed by atoms with van der Waals surface area (Å²) in [5, 5.41) is 6.58. The van der Waals surface area contributed by atoms with E-state index >= 15 is 0 Å². The van der Waals surface area contributed by atoms with Crippen LogP contribution in [0.15, 0.2) is 24.3 Å². The predicted molar refractivity (Wildman–Crippen MR) is 99.5 cm³/mol. The van der Waals surface area contributed by atoms with Crippen molar-refractivity contribution in [3.05, 3.63) is 24.3 Å². The summed E-state index contributed by atoms with van der Waals surface area (Å²) in [6.07, 6.45) is 5.67. The molecule has 2 fully saturated rings. The van der Waals surface area contributed by atoms with E-state index in [1.54, 1.807) is 0 Å². The van der Waals surface area contributed by atoms with Crippen LogP contribution in [0.5, 0.6) is 0 Å². The molecule has 2 aliphatic heterocycles. The number of rotatable bonds is 4. The maximum absolute atomic E-state index is 12.4. The molecule has 2 N–H and O–H groups in total. The molecule has 0 aliphatic carbocycles. The Balaban J connectivity index is 1.63. The smallest absolute Gasteiger partial charge is 0.226 e. The van der Waals surface area contributed by atoms with Gasteiger partial charge in [0.1, 0.15) is 0 Å². The van der Waals surface area contributed by atoms with Gasteiger partial charge in [0.25, 0.3) is 0 Å². The molecule has 2 saturated heterocycles. The molecule has 126 valence electrons. The Kier molecular flexibility index (Phi) is 6.22. The fourth-order valence-corrected chi connectivity index (χ4v) is 4.29. The average Bonchev–Trinajstić information content (AvgIpc) is 2.85. The van der Waals surface area contributed by atoms with E-state index in [2.05, 4.69) is 27.7 Å². The summed E-state index contributed by atoms with van der Waals surface area (Å²) < 4.78 is 0. The molecule has 0 aromatic heterocycles. The zero-order valence-corrected chi connectivity index (χ0v) is 14.5. The van der Waals surface area contributed by atoms with Crippen molar-refractivity contribution in [3.8, 4) is 0 Å². The Morgan fingerprint density at radius 1 is 1.22 bits per heavy atom. The van der Waals surface area contributed by atoms with Crippen molar-refractivity contribution in [1.29, 1.82) is 0 Å². The van der Waals surface area contributed by atoms with Gasteiger partial charge in [-0.15, -0.1) is 0 Å². The van der Waals surface area contributed by atoms with Crippen LogP contribution in [-0.2, 0) is 4.79 Å². The van der Waals surface area contributed by atoms with E-state index in [-0.39, 0.29) is 5.91 Å². The summed E-state index contributed by atoms with van der Waals surface area (Å²) in [6.45, 7) is 3.19. The standard InChI is InChI=1S/C18H27N3OS/c22-18(13-15-14-23-12-9-19-15)20-16-7-3-4-8-17(16)21-10-5-1-2-6-11-21/h3-4,7-8,15,19H,1-2,5-6,9-14H2,(H,20,22). The van der Waals surface area contributed by atoms with Crippen LogP contribution in [0.1, 0.15) is 32.1 Å². The van der Waals surface area contributed by atoms with E-state index in [9.17, 15) is 4.79 Å². The summed E-state index contributed by atoms with van der Waals surface area (Å²) in [5.41, 5.74) is 2.14. The number of thioether (sulfide) groups is 1. The number of hydrogen-bond donors (Lipinski definition) is 2. The Morgan fingerprint density at radius 3 is 2.74 bits per heavy atom. The summed E-state index contributed by atoms with van der Waals surface area (Å²) in [7, 11) is 0. The van der Waals surface area contributed by atoms with Gasteiger partial charge >= 0.3 is 0 Å². The summed E-state index contributed by atoms with van der Waals surface area (Å²) in [6, 6.07) is 8.54. The summed E-state index contributed by atoms with van der Waals surface area (Å²) in [5.74, 6) is 2.30. The first-order valence-corrected chi connectivity index (χ1v) is 9.93. The lowest BCUT2D eigenvalue weighted by Crippen LogP contribution is -2.40. The number of hydrogen-bond acceptors (Lipinski definition) is 4. The van der Waals surface area contributed by atoms with Crippen molar-refractivity contribution < 1.29 is 4.79 Å². The van der Waals surface area contributed by atoms with Crippen LogP contribution in [0.25, 0.3) is 0 Å². The van der Waals surface area contributed by atoms with Crippen molar-refractivity contribution in [3.63, 3.8) is 0 Å². The monoisotopic (exact) mass is 333 g/mol. The third kappa shape index (κ3) is 4.88. The number of carbonyl (C=O) groups excluding carboxylic acids is 1. The molecule has 1 atom stereocenters. The van der Waals surface area contributed by atoms with Crippen LogP contribution in [0.4, 0.5) is 11.4 Å². The van der Waals surface area contributed by atoms with Crippen LogP contribution in [0.2, 0.25) is 0 Å². The van der Waals surface area contributed by atoms with Crippen molar-refractivity contribution in [1.82, 2.24) is 5.32 Å². The lowest BCUT2D eigenvalue weighted by atomic mass is 10.2. The van der Waals surface area contributed by atoms with E-state index in [0.717, 1.165) is 36.8 Å². The first-order valence-electron chi connectivity index (χ1n) is 8.78. The number of nitrogens with one attached hydrogen (secondary N) is 2. The lowest BCUT2D eigenvalue weighted by molar-refractivity contribution is -0.116. The second-order valence-electron chi connectivity index (χ2n) is 6.40. The molecule has 5 heteroatoms. The van der Waals surface area contributed by atoms with Gasteiger partial charge in [0.2, 0.25) is 5.91 Å². The summed E-state index contributed by atoms with van der Waals surface area (Å²) in [4.78, 5) is 14.8. The number of benzene rings is 1. The number of amides is 1. The topological polar surface area (TPSA) is 44.4 Å². The van der Waals surface area contributed by atoms with Crippen LogP contribution in [0, 0.1) is 0 Å². The van der Waals surface area contributed by atoms with Gasteiger partial charge in [0.05, 0.1) is 11.4 Å². The van der Waals surface area contributed by atoms with E-state index < -0.39 is 0 Å². The molecule has 2 aliphatic rings. The number of nitrogens with zero attached hydrogens (tertiary/aromatic N) is 1. The van der Waals surface area contributed by atoms with Crippen molar-refractivity contribution >= 4 is 29.0 Å². The van der Waals surface area contributed by atoms with Crippen LogP contribution >= 0.6 is 11.8 Å². The van der Waals surface area contributed by atoms with Gasteiger partial charge in [0.15, 0.2) is 0 Å². The third-order valence-corrected chi connectivity index (χ3v) is 5.69. The molecule has 0 spiro atoms. The largest absolute Gasteiger partial charge is 0.370 e. The van der Waals surface area contributed by atoms with Crippen molar-refractivity contribution in [2.75, 3.05) is 41.4 Å². The van der Waals surface area contributed by atoms with Gasteiger partial charge in [-0.2, -0.15) is 11.8 Å². The second kappa shape index (κ2) is 8.60. The molecule has 3 rings (SSSR count).